The largest absolute Gasteiger partial charge is 0.356 e. The molecule has 0 radical (unpaired) electrons. The number of fused-ring (bicyclic) bond motifs is 1. The second-order valence-electron chi connectivity index (χ2n) is 6.23. The first-order chi connectivity index (χ1) is 12.2. The van der Waals surface area contributed by atoms with Crippen LogP contribution in [0.25, 0.3) is 11.0 Å². The van der Waals surface area contributed by atoms with Crippen molar-refractivity contribution in [3.05, 3.63) is 66.5 Å². The molecule has 2 aromatic carbocycles. The van der Waals surface area contributed by atoms with Crippen LogP contribution < -0.4 is 5.32 Å². The highest BCUT2D eigenvalue weighted by atomic mass is 127. The van der Waals surface area contributed by atoms with E-state index in [9.17, 15) is 0 Å². The lowest BCUT2D eigenvalue weighted by Crippen LogP contribution is -2.37. The van der Waals surface area contributed by atoms with E-state index in [1.807, 2.05) is 55.7 Å². The Hall–Kier alpha value is -2.09. The number of aromatic nitrogens is 2. The molecule has 0 fully saturated rings. The molecule has 138 valence electrons. The predicted octanol–water partition coefficient (Wildman–Crippen LogP) is 3.75. The van der Waals surface area contributed by atoms with Gasteiger partial charge in [-0.25, -0.2) is 9.98 Å². The van der Waals surface area contributed by atoms with Crippen LogP contribution in [-0.2, 0) is 13.1 Å². The Morgan fingerprint density at radius 2 is 1.81 bits per heavy atom. The van der Waals surface area contributed by atoms with E-state index < -0.39 is 0 Å². The SMILES string of the molecule is CN(C)C(=NCc1ccccc1)NCCCn1cnc2ccccc21.I. The summed E-state index contributed by atoms with van der Waals surface area (Å²) in [4.78, 5) is 11.1. The van der Waals surface area contributed by atoms with Gasteiger partial charge in [0.25, 0.3) is 0 Å². The lowest BCUT2D eigenvalue weighted by atomic mass is 10.2. The maximum atomic E-state index is 4.69. The molecule has 3 aromatic rings. The number of aliphatic imine (C=N–C) groups is 1. The van der Waals surface area contributed by atoms with Crippen LogP contribution in [0.5, 0.6) is 0 Å². The first kappa shape index (κ1) is 20.2. The van der Waals surface area contributed by atoms with E-state index >= 15 is 0 Å². The molecule has 26 heavy (non-hydrogen) atoms. The van der Waals surface area contributed by atoms with Crippen LogP contribution in [0.15, 0.2) is 65.9 Å². The van der Waals surface area contributed by atoms with Crippen molar-refractivity contribution in [2.45, 2.75) is 19.5 Å². The third-order valence-corrected chi connectivity index (χ3v) is 4.06. The molecule has 0 aliphatic heterocycles. The van der Waals surface area contributed by atoms with Crippen molar-refractivity contribution in [1.82, 2.24) is 19.8 Å². The number of imidazole rings is 1. The number of hydrogen-bond acceptors (Lipinski definition) is 2. The van der Waals surface area contributed by atoms with Crippen LogP contribution in [-0.4, -0.2) is 41.1 Å². The zero-order chi connectivity index (χ0) is 17.5. The highest BCUT2D eigenvalue weighted by molar-refractivity contribution is 14.0. The molecule has 1 heterocycles. The molecule has 5 nitrogen and oxygen atoms in total. The van der Waals surface area contributed by atoms with E-state index in [0.717, 1.165) is 31.0 Å². The maximum absolute atomic E-state index is 4.69. The second-order valence-corrected chi connectivity index (χ2v) is 6.23. The van der Waals surface area contributed by atoms with Crippen LogP contribution in [0.3, 0.4) is 0 Å². The number of aryl methyl sites for hydroxylation is 1. The smallest absolute Gasteiger partial charge is 0.193 e. The van der Waals surface area contributed by atoms with Crippen molar-refractivity contribution < 1.29 is 0 Å². The van der Waals surface area contributed by atoms with E-state index in [1.54, 1.807) is 0 Å². The Morgan fingerprint density at radius 1 is 1.08 bits per heavy atom. The van der Waals surface area contributed by atoms with E-state index in [1.165, 1.54) is 11.1 Å². The molecule has 1 N–H and O–H groups in total. The molecule has 0 aliphatic rings. The minimum atomic E-state index is 0. The van der Waals surface area contributed by atoms with Crippen LogP contribution >= 0.6 is 24.0 Å². The molecule has 3 rings (SSSR count). The Balaban J connectivity index is 0.00000243. The Kier molecular flexibility index (Phi) is 7.90. The van der Waals surface area contributed by atoms with Gasteiger partial charge in [0.05, 0.1) is 23.9 Å². The number of para-hydroxylation sites is 2. The molecule has 0 aliphatic carbocycles. The Labute approximate surface area is 172 Å². The van der Waals surface area contributed by atoms with Gasteiger partial charge in [0.2, 0.25) is 0 Å². The third-order valence-electron chi connectivity index (χ3n) is 4.06. The zero-order valence-electron chi connectivity index (χ0n) is 15.3. The quantitative estimate of drug-likeness (QED) is 0.262. The fourth-order valence-corrected chi connectivity index (χ4v) is 2.74. The van der Waals surface area contributed by atoms with Gasteiger partial charge < -0.3 is 14.8 Å². The molecule has 0 saturated carbocycles. The normalized spacial score (nSPS) is 11.2. The monoisotopic (exact) mass is 463 g/mol. The number of halogens is 1. The van der Waals surface area contributed by atoms with Gasteiger partial charge in [-0.05, 0) is 24.1 Å². The number of guanidine groups is 1. The second kappa shape index (κ2) is 10.2. The summed E-state index contributed by atoms with van der Waals surface area (Å²) in [5.41, 5.74) is 3.45. The molecule has 0 atom stereocenters. The standard InChI is InChI=1S/C20H25N5.HI/c1-24(2)20(22-15-17-9-4-3-5-10-17)21-13-8-14-25-16-23-18-11-6-7-12-19(18)25;/h3-7,9-12,16H,8,13-15H2,1-2H3,(H,21,22);1H. The fraction of sp³-hybridized carbons (Fsp3) is 0.300. The third kappa shape index (κ3) is 5.45. The summed E-state index contributed by atoms with van der Waals surface area (Å²) in [6.45, 7) is 2.50. The van der Waals surface area contributed by atoms with Crippen molar-refractivity contribution in [3.63, 3.8) is 0 Å². The Bertz CT molecular complexity index is 826. The average Bonchev–Trinajstić information content (AvgIpc) is 3.05. The number of nitrogens with zero attached hydrogens (tertiary/aromatic N) is 4. The number of rotatable bonds is 6. The molecule has 0 saturated heterocycles. The first-order valence-electron chi connectivity index (χ1n) is 8.63. The highest BCUT2D eigenvalue weighted by Gasteiger charge is 2.03. The van der Waals surface area contributed by atoms with Crippen molar-refractivity contribution in [3.8, 4) is 0 Å². The van der Waals surface area contributed by atoms with Gasteiger partial charge in [0, 0.05) is 27.2 Å². The van der Waals surface area contributed by atoms with Crippen molar-refractivity contribution >= 4 is 41.0 Å². The summed E-state index contributed by atoms with van der Waals surface area (Å²) >= 11 is 0. The number of benzene rings is 2. The van der Waals surface area contributed by atoms with E-state index in [4.69, 9.17) is 4.99 Å². The van der Waals surface area contributed by atoms with Gasteiger partial charge in [-0.15, -0.1) is 24.0 Å². The van der Waals surface area contributed by atoms with Crippen molar-refractivity contribution in [2.75, 3.05) is 20.6 Å². The lowest BCUT2D eigenvalue weighted by Gasteiger charge is -2.18. The summed E-state index contributed by atoms with van der Waals surface area (Å²) in [7, 11) is 4.03. The first-order valence-corrected chi connectivity index (χ1v) is 8.63. The summed E-state index contributed by atoms with van der Waals surface area (Å²) in [6, 6.07) is 18.5. The molecule has 0 unspecified atom stereocenters. The fourth-order valence-electron chi connectivity index (χ4n) is 2.74. The van der Waals surface area contributed by atoms with Crippen LogP contribution in [0.2, 0.25) is 0 Å². The molecule has 1 aromatic heterocycles. The van der Waals surface area contributed by atoms with Crippen molar-refractivity contribution in [1.29, 1.82) is 0 Å². The number of hydrogen-bond donors (Lipinski definition) is 1. The zero-order valence-corrected chi connectivity index (χ0v) is 17.6. The molecule has 0 spiro atoms. The average molecular weight is 463 g/mol. The lowest BCUT2D eigenvalue weighted by molar-refractivity contribution is 0.563. The van der Waals surface area contributed by atoms with Crippen LogP contribution in [0.4, 0.5) is 0 Å². The molecule has 0 amide bonds. The Morgan fingerprint density at radius 3 is 2.58 bits per heavy atom. The molecular weight excluding hydrogens is 437 g/mol. The van der Waals surface area contributed by atoms with Gasteiger partial charge in [0.1, 0.15) is 0 Å². The van der Waals surface area contributed by atoms with Gasteiger partial charge in [-0.1, -0.05) is 42.5 Å². The summed E-state index contributed by atoms with van der Waals surface area (Å²) in [5, 5.41) is 3.44. The number of nitrogens with one attached hydrogen (secondary N) is 1. The van der Waals surface area contributed by atoms with Crippen molar-refractivity contribution in [2.24, 2.45) is 4.99 Å². The molecule has 6 heteroatoms. The molecular formula is C20H26IN5. The summed E-state index contributed by atoms with van der Waals surface area (Å²) < 4.78 is 2.20. The minimum Gasteiger partial charge on any atom is -0.356 e. The van der Waals surface area contributed by atoms with Gasteiger partial charge in [-0.3, -0.25) is 0 Å². The van der Waals surface area contributed by atoms with E-state index in [2.05, 4.69) is 39.1 Å². The topological polar surface area (TPSA) is 45.5 Å². The maximum Gasteiger partial charge on any atom is 0.193 e. The summed E-state index contributed by atoms with van der Waals surface area (Å²) in [5.74, 6) is 0.916. The van der Waals surface area contributed by atoms with Gasteiger partial charge in [-0.2, -0.15) is 0 Å². The van der Waals surface area contributed by atoms with E-state index in [0.29, 0.717) is 6.54 Å². The molecule has 0 bridgehead atoms. The summed E-state index contributed by atoms with van der Waals surface area (Å²) in [6.07, 6.45) is 2.93. The van der Waals surface area contributed by atoms with Gasteiger partial charge in [0.15, 0.2) is 5.96 Å². The van der Waals surface area contributed by atoms with Crippen LogP contribution in [0.1, 0.15) is 12.0 Å². The minimum absolute atomic E-state index is 0. The van der Waals surface area contributed by atoms with E-state index in [-0.39, 0.29) is 24.0 Å². The predicted molar refractivity (Wildman–Crippen MR) is 119 cm³/mol. The van der Waals surface area contributed by atoms with Crippen LogP contribution in [0, 0.1) is 0 Å². The van der Waals surface area contributed by atoms with Gasteiger partial charge >= 0.3 is 0 Å². The highest BCUT2D eigenvalue weighted by Crippen LogP contribution is 2.11.